The minimum absolute atomic E-state index is 0. The number of hydrogen-bond acceptors (Lipinski definition) is 4. The maximum absolute atomic E-state index is 4.58. The van der Waals surface area contributed by atoms with Crippen LogP contribution in [0.1, 0.15) is 47.8 Å². The fourth-order valence-corrected chi connectivity index (χ4v) is 3.65. The maximum Gasteiger partial charge on any atom is 0.193 e. The van der Waals surface area contributed by atoms with Crippen LogP contribution in [0.2, 0.25) is 0 Å². The van der Waals surface area contributed by atoms with E-state index in [-0.39, 0.29) is 24.0 Å². The number of halogens is 1. The summed E-state index contributed by atoms with van der Waals surface area (Å²) in [5, 5.41) is 9.20. The zero-order chi connectivity index (χ0) is 18.4. The molecule has 26 heavy (non-hydrogen) atoms. The summed E-state index contributed by atoms with van der Waals surface area (Å²) in [6, 6.07) is 0. The summed E-state index contributed by atoms with van der Waals surface area (Å²) in [4.78, 5) is 12.4. The van der Waals surface area contributed by atoms with E-state index in [1.807, 2.05) is 25.0 Å². The van der Waals surface area contributed by atoms with Gasteiger partial charge in [-0.2, -0.15) is 5.10 Å². The molecule has 0 radical (unpaired) electrons. The van der Waals surface area contributed by atoms with Crippen LogP contribution in [0.3, 0.4) is 0 Å². The van der Waals surface area contributed by atoms with Crippen LogP contribution in [0.4, 0.5) is 0 Å². The molecule has 0 fully saturated rings. The van der Waals surface area contributed by atoms with E-state index in [0.717, 1.165) is 37.6 Å². The molecule has 146 valence electrons. The molecule has 0 saturated carbocycles. The van der Waals surface area contributed by atoms with E-state index in [4.69, 9.17) is 0 Å². The van der Waals surface area contributed by atoms with Gasteiger partial charge in [0.2, 0.25) is 0 Å². The monoisotopic (exact) mass is 490 g/mol. The summed E-state index contributed by atoms with van der Waals surface area (Å²) >= 11 is 1.80. The van der Waals surface area contributed by atoms with Gasteiger partial charge < -0.3 is 10.2 Å². The van der Waals surface area contributed by atoms with Gasteiger partial charge in [-0.25, -0.2) is 4.98 Å². The summed E-state index contributed by atoms with van der Waals surface area (Å²) < 4.78 is 1.89. The molecule has 6 nitrogen and oxygen atoms in total. The average molecular weight is 490 g/mol. The van der Waals surface area contributed by atoms with Gasteiger partial charge in [0.25, 0.3) is 0 Å². The molecule has 0 saturated heterocycles. The Bertz CT molecular complexity index is 706. The fourth-order valence-electron chi connectivity index (χ4n) is 2.79. The van der Waals surface area contributed by atoms with E-state index >= 15 is 0 Å². The molecule has 8 heteroatoms. The molecular weight excluding hydrogens is 459 g/mol. The van der Waals surface area contributed by atoms with Crippen LogP contribution in [0, 0.1) is 0 Å². The first-order valence-corrected chi connectivity index (χ1v) is 9.64. The average Bonchev–Trinajstić information content (AvgIpc) is 3.17. The van der Waals surface area contributed by atoms with Crippen LogP contribution >= 0.6 is 35.3 Å². The highest BCUT2D eigenvalue weighted by Crippen LogP contribution is 2.18. The highest BCUT2D eigenvalue weighted by Gasteiger charge is 2.15. The van der Waals surface area contributed by atoms with Gasteiger partial charge in [0.15, 0.2) is 5.96 Å². The lowest BCUT2D eigenvalue weighted by Gasteiger charge is -2.22. The standard InChI is InChI=1S/C18H30N6S.HI/c1-7-15-10-21-16(25-15)8-9-20-18(19-4)23(5)11-14-12-24(6)22-17(14)13(2)3;/h10,12-13H,7-9,11H2,1-6H3,(H,19,20);1H. The van der Waals surface area contributed by atoms with Crippen molar-refractivity contribution in [3.63, 3.8) is 0 Å². The van der Waals surface area contributed by atoms with Gasteiger partial charge in [0.1, 0.15) is 0 Å². The molecule has 0 aliphatic heterocycles. The van der Waals surface area contributed by atoms with E-state index in [1.54, 1.807) is 11.3 Å². The Balaban J connectivity index is 0.00000338. The molecule has 0 aliphatic carbocycles. The molecule has 0 atom stereocenters. The van der Waals surface area contributed by atoms with Gasteiger partial charge in [-0.15, -0.1) is 35.3 Å². The molecule has 2 aromatic heterocycles. The molecule has 2 aromatic rings. The molecule has 0 bridgehead atoms. The maximum atomic E-state index is 4.58. The lowest BCUT2D eigenvalue weighted by molar-refractivity contribution is 0.474. The number of nitrogens with one attached hydrogen (secondary N) is 1. The minimum atomic E-state index is 0. The smallest absolute Gasteiger partial charge is 0.193 e. The molecule has 1 N–H and O–H groups in total. The van der Waals surface area contributed by atoms with Crippen molar-refractivity contribution in [3.05, 3.63) is 33.5 Å². The van der Waals surface area contributed by atoms with E-state index in [9.17, 15) is 0 Å². The SMILES string of the molecule is CCc1cnc(CCNC(=NC)N(C)Cc2cn(C)nc2C(C)C)s1.I. The van der Waals surface area contributed by atoms with Crippen molar-refractivity contribution in [2.45, 2.75) is 46.1 Å². The van der Waals surface area contributed by atoms with Gasteiger partial charge in [0.05, 0.1) is 10.7 Å². The van der Waals surface area contributed by atoms with Crippen molar-refractivity contribution in [1.29, 1.82) is 0 Å². The van der Waals surface area contributed by atoms with Gasteiger partial charge in [-0.1, -0.05) is 20.8 Å². The third kappa shape index (κ3) is 6.22. The quantitative estimate of drug-likeness (QED) is 0.367. The molecule has 2 heterocycles. The van der Waals surface area contributed by atoms with Crippen LogP contribution in [-0.4, -0.2) is 46.3 Å². The van der Waals surface area contributed by atoms with Crippen molar-refractivity contribution in [2.75, 3.05) is 20.6 Å². The molecule has 0 aromatic carbocycles. The summed E-state index contributed by atoms with van der Waals surface area (Å²) in [7, 11) is 5.86. The van der Waals surface area contributed by atoms with Crippen molar-refractivity contribution >= 4 is 41.3 Å². The van der Waals surface area contributed by atoms with Gasteiger partial charge in [-0.05, 0) is 12.3 Å². The van der Waals surface area contributed by atoms with Crippen molar-refractivity contribution in [2.24, 2.45) is 12.0 Å². The number of hydrogen-bond donors (Lipinski definition) is 1. The highest BCUT2D eigenvalue weighted by atomic mass is 127. The Morgan fingerprint density at radius 2 is 2.15 bits per heavy atom. The van der Waals surface area contributed by atoms with E-state index in [0.29, 0.717) is 5.92 Å². The van der Waals surface area contributed by atoms with E-state index in [1.165, 1.54) is 15.4 Å². The van der Waals surface area contributed by atoms with Crippen molar-refractivity contribution in [1.82, 2.24) is 25.0 Å². The number of aromatic nitrogens is 3. The van der Waals surface area contributed by atoms with Crippen LogP contribution in [0.25, 0.3) is 0 Å². The van der Waals surface area contributed by atoms with Crippen LogP contribution in [0.5, 0.6) is 0 Å². The Kier molecular flexibility index (Phi) is 9.56. The molecule has 0 aliphatic rings. The Hall–Kier alpha value is -1.16. The lowest BCUT2D eigenvalue weighted by atomic mass is 10.1. The first-order valence-electron chi connectivity index (χ1n) is 8.82. The first kappa shape index (κ1) is 22.9. The summed E-state index contributed by atoms with van der Waals surface area (Å²) in [5.74, 6) is 1.31. The Morgan fingerprint density at radius 1 is 1.42 bits per heavy atom. The second-order valence-corrected chi connectivity index (χ2v) is 7.72. The zero-order valence-electron chi connectivity index (χ0n) is 16.6. The second kappa shape index (κ2) is 10.9. The summed E-state index contributed by atoms with van der Waals surface area (Å²) in [6.07, 6.45) is 6.05. The van der Waals surface area contributed by atoms with E-state index < -0.39 is 0 Å². The number of thiazole rings is 1. The third-order valence-electron chi connectivity index (χ3n) is 4.04. The lowest BCUT2D eigenvalue weighted by Crippen LogP contribution is -2.39. The minimum Gasteiger partial charge on any atom is -0.356 e. The van der Waals surface area contributed by atoms with E-state index in [2.05, 4.69) is 59.3 Å². The van der Waals surface area contributed by atoms with Crippen LogP contribution in [-0.2, 0) is 26.4 Å². The normalized spacial score (nSPS) is 11.6. The topological polar surface area (TPSA) is 58.3 Å². The Morgan fingerprint density at radius 3 is 2.73 bits per heavy atom. The van der Waals surface area contributed by atoms with Crippen LogP contribution in [0.15, 0.2) is 17.4 Å². The van der Waals surface area contributed by atoms with Gasteiger partial charge in [0, 0.05) is 63.5 Å². The number of aliphatic imine (C=N–C) groups is 1. The molecular formula is C18H31IN6S. The molecule has 0 spiro atoms. The molecule has 2 rings (SSSR count). The fraction of sp³-hybridized carbons (Fsp3) is 0.611. The predicted molar refractivity (Wildman–Crippen MR) is 121 cm³/mol. The zero-order valence-corrected chi connectivity index (χ0v) is 19.8. The predicted octanol–water partition coefficient (Wildman–Crippen LogP) is 3.43. The Labute approximate surface area is 178 Å². The summed E-state index contributed by atoms with van der Waals surface area (Å²) in [5.41, 5.74) is 2.40. The number of nitrogens with zero attached hydrogens (tertiary/aromatic N) is 5. The van der Waals surface area contributed by atoms with Crippen molar-refractivity contribution < 1.29 is 0 Å². The third-order valence-corrected chi connectivity index (χ3v) is 5.24. The van der Waals surface area contributed by atoms with Gasteiger partial charge >= 0.3 is 0 Å². The van der Waals surface area contributed by atoms with Crippen LogP contribution < -0.4 is 5.32 Å². The number of aryl methyl sites for hydroxylation is 2. The van der Waals surface area contributed by atoms with Gasteiger partial charge in [-0.3, -0.25) is 9.67 Å². The largest absolute Gasteiger partial charge is 0.356 e. The molecule has 0 amide bonds. The number of guanidine groups is 1. The first-order chi connectivity index (χ1) is 11.9. The molecule has 0 unspecified atom stereocenters. The number of rotatable bonds is 7. The second-order valence-electron chi connectivity index (χ2n) is 6.52. The highest BCUT2D eigenvalue weighted by molar-refractivity contribution is 14.0. The summed E-state index contributed by atoms with van der Waals surface area (Å²) in [6.45, 7) is 8.14. The van der Waals surface area contributed by atoms with Crippen molar-refractivity contribution in [3.8, 4) is 0 Å².